The Morgan fingerprint density at radius 1 is 1.30 bits per heavy atom. The molecule has 2 atom stereocenters. The van der Waals surface area contributed by atoms with Gasteiger partial charge in [-0.25, -0.2) is 4.98 Å². The molecule has 2 aromatic rings. The van der Waals surface area contributed by atoms with Crippen molar-refractivity contribution in [3.05, 3.63) is 18.0 Å². The Morgan fingerprint density at radius 3 is 2.65 bits per heavy atom. The van der Waals surface area contributed by atoms with Gasteiger partial charge in [-0.1, -0.05) is 0 Å². The first-order chi connectivity index (χ1) is 9.56. The third kappa shape index (κ3) is 3.04. The Labute approximate surface area is 123 Å². The smallest absolute Gasteiger partial charge is 0.215 e. The molecule has 5 nitrogen and oxygen atoms in total. The second kappa shape index (κ2) is 6.41. The third-order valence-electron chi connectivity index (χ3n) is 3.05. The Hall–Kier alpha value is -1.33. The Balaban J connectivity index is 2.48. The van der Waals surface area contributed by atoms with Crippen molar-refractivity contribution in [2.75, 3.05) is 13.7 Å². The number of hydrogen-bond donors (Lipinski definition) is 0. The van der Waals surface area contributed by atoms with Gasteiger partial charge >= 0.3 is 0 Å². The first-order valence-electron chi connectivity index (χ1n) is 6.73. The zero-order chi connectivity index (χ0) is 14.7. The van der Waals surface area contributed by atoms with Crippen molar-refractivity contribution < 1.29 is 9.47 Å². The molecule has 2 rings (SSSR count). The van der Waals surface area contributed by atoms with Crippen LogP contribution < -0.4 is 4.74 Å². The van der Waals surface area contributed by atoms with E-state index in [1.807, 2.05) is 31.4 Å². The van der Waals surface area contributed by atoms with Crippen LogP contribution in [0.4, 0.5) is 0 Å². The predicted octanol–water partition coefficient (Wildman–Crippen LogP) is 3.16. The summed E-state index contributed by atoms with van der Waals surface area (Å²) in [7, 11) is 1.60. The van der Waals surface area contributed by atoms with Gasteiger partial charge in [-0.3, -0.25) is 0 Å². The van der Waals surface area contributed by atoms with Gasteiger partial charge in [0, 0.05) is 12.7 Å². The van der Waals surface area contributed by atoms with Gasteiger partial charge in [0.2, 0.25) is 5.88 Å². The molecule has 0 spiro atoms. The van der Waals surface area contributed by atoms with Crippen LogP contribution in [0.15, 0.2) is 12.1 Å². The molecule has 0 fully saturated rings. The molecule has 0 bridgehead atoms. The molecule has 2 unspecified atom stereocenters. The van der Waals surface area contributed by atoms with E-state index in [0.717, 1.165) is 17.0 Å². The van der Waals surface area contributed by atoms with Gasteiger partial charge in [-0.05, 0) is 26.8 Å². The van der Waals surface area contributed by atoms with Crippen molar-refractivity contribution in [2.45, 2.75) is 38.8 Å². The first-order valence-corrected chi connectivity index (χ1v) is 7.17. The normalized spacial score (nSPS) is 14.4. The lowest BCUT2D eigenvalue weighted by Crippen LogP contribution is -2.18. The fraction of sp³-hybridized carbons (Fsp3) is 0.571. The maximum absolute atomic E-state index is 6.23. The van der Waals surface area contributed by atoms with Crippen LogP contribution in [0.2, 0.25) is 0 Å². The predicted molar refractivity (Wildman–Crippen MR) is 79.4 cm³/mol. The summed E-state index contributed by atoms with van der Waals surface area (Å²) in [5.41, 5.74) is 1.59. The largest absolute Gasteiger partial charge is 0.481 e. The molecular weight excluding hydrogens is 278 g/mol. The SMILES string of the molecule is CCOC(C)Cn1c(C(C)Cl)nc2ccc(OC)nc21. The van der Waals surface area contributed by atoms with E-state index in [4.69, 9.17) is 21.1 Å². The highest BCUT2D eigenvalue weighted by Gasteiger charge is 2.18. The molecule has 110 valence electrons. The highest BCUT2D eigenvalue weighted by molar-refractivity contribution is 6.20. The molecule has 0 saturated carbocycles. The number of pyridine rings is 1. The molecule has 0 aliphatic carbocycles. The number of imidazole rings is 1. The third-order valence-corrected chi connectivity index (χ3v) is 3.25. The Kier molecular flexibility index (Phi) is 4.83. The quantitative estimate of drug-likeness (QED) is 0.769. The maximum Gasteiger partial charge on any atom is 0.215 e. The van der Waals surface area contributed by atoms with Gasteiger partial charge in [0.1, 0.15) is 11.3 Å². The van der Waals surface area contributed by atoms with E-state index in [1.165, 1.54) is 0 Å². The van der Waals surface area contributed by atoms with Gasteiger partial charge in [0.25, 0.3) is 0 Å². The Bertz CT molecular complexity index is 583. The average Bonchev–Trinajstić information content (AvgIpc) is 2.77. The lowest BCUT2D eigenvalue weighted by Gasteiger charge is -2.15. The summed E-state index contributed by atoms with van der Waals surface area (Å²) in [6, 6.07) is 3.69. The fourth-order valence-electron chi connectivity index (χ4n) is 2.19. The van der Waals surface area contributed by atoms with Crippen LogP contribution in [-0.2, 0) is 11.3 Å². The van der Waals surface area contributed by atoms with E-state index in [9.17, 15) is 0 Å². The summed E-state index contributed by atoms with van der Waals surface area (Å²) in [6.45, 7) is 7.25. The summed E-state index contributed by atoms with van der Waals surface area (Å²) < 4.78 is 12.8. The summed E-state index contributed by atoms with van der Waals surface area (Å²) in [5, 5.41) is -0.191. The van der Waals surface area contributed by atoms with Crippen molar-refractivity contribution in [1.29, 1.82) is 0 Å². The molecule has 0 saturated heterocycles. The molecule has 0 amide bonds. The number of alkyl halides is 1. The number of methoxy groups -OCH3 is 1. The lowest BCUT2D eigenvalue weighted by atomic mass is 10.3. The van der Waals surface area contributed by atoms with E-state index in [-0.39, 0.29) is 11.5 Å². The van der Waals surface area contributed by atoms with Crippen molar-refractivity contribution in [2.24, 2.45) is 0 Å². The number of fused-ring (bicyclic) bond motifs is 1. The number of aromatic nitrogens is 3. The highest BCUT2D eigenvalue weighted by Crippen LogP contribution is 2.25. The second-order valence-corrected chi connectivity index (χ2v) is 5.31. The van der Waals surface area contributed by atoms with E-state index < -0.39 is 0 Å². The summed E-state index contributed by atoms with van der Waals surface area (Å²) >= 11 is 6.23. The van der Waals surface area contributed by atoms with Crippen molar-refractivity contribution in [3.8, 4) is 5.88 Å². The lowest BCUT2D eigenvalue weighted by molar-refractivity contribution is 0.0641. The molecular formula is C14H20ClN3O2. The number of halogens is 1. The zero-order valence-corrected chi connectivity index (χ0v) is 13.0. The number of nitrogens with zero attached hydrogens (tertiary/aromatic N) is 3. The van der Waals surface area contributed by atoms with E-state index in [2.05, 4.69) is 9.97 Å². The average molecular weight is 298 g/mol. The Morgan fingerprint density at radius 2 is 2.05 bits per heavy atom. The maximum atomic E-state index is 6.23. The molecule has 2 aromatic heterocycles. The topological polar surface area (TPSA) is 49.2 Å². The van der Waals surface area contributed by atoms with Crippen LogP contribution in [0.25, 0.3) is 11.2 Å². The van der Waals surface area contributed by atoms with Gasteiger partial charge in [-0.2, -0.15) is 4.98 Å². The minimum atomic E-state index is -0.191. The molecule has 0 aromatic carbocycles. The zero-order valence-electron chi connectivity index (χ0n) is 12.3. The van der Waals surface area contributed by atoms with E-state index >= 15 is 0 Å². The summed E-state index contributed by atoms with van der Waals surface area (Å²) in [6.07, 6.45) is 0.0690. The van der Waals surface area contributed by atoms with E-state index in [1.54, 1.807) is 13.2 Å². The molecule has 0 aliphatic heterocycles. The molecule has 0 N–H and O–H groups in total. The fourth-order valence-corrected chi connectivity index (χ4v) is 2.36. The monoisotopic (exact) mass is 297 g/mol. The van der Waals surface area contributed by atoms with Gasteiger partial charge in [-0.15, -0.1) is 11.6 Å². The van der Waals surface area contributed by atoms with Crippen LogP contribution in [0.3, 0.4) is 0 Å². The number of rotatable bonds is 6. The number of ether oxygens (including phenoxy) is 2. The standard InChI is InChI=1S/C14H20ClN3O2/c1-5-20-9(2)8-18-13(10(3)15)16-11-6-7-12(19-4)17-14(11)18/h6-7,9-10H,5,8H2,1-4H3. The van der Waals surface area contributed by atoms with Gasteiger partial charge in [0.15, 0.2) is 5.65 Å². The van der Waals surface area contributed by atoms with Crippen molar-refractivity contribution in [1.82, 2.24) is 14.5 Å². The minimum Gasteiger partial charge on any atom is -0.481 e. The minimum absolute atomic E-state index is 0.0690. The van der Waals surface area contributed by atoms with Crippen molar-refractivity contribution >= 4 is 22.8 Å². The molecule has 6 heteroatoms. The molecule has 20 heavy (non-hydrogen) atoms. The van der Waals surface area contributed by atoms with Crippen LogP contribution in [-0.4, -0.2) is 34.4 Å². The van der Waals surface area contributed by atoms with Gasteiger partial charge in [0.05, 0.1) is 25.1 Å². The number of hydrogen-bond acceptors (Lipinski definition) is 4. The van der Waals surface area contributed by atoms with Crippen molar-refractivity contribution in [3.63, 3.8) is 0 Å². The van der Waals surface area contributed by atoms with Crippen LogP contribution in [0.1, 0.15) is 32.0 Å². The molecule has 0 aliphatic rings. The molecule has 0 radical (unpaired) electrons. The van der Waals surface area contributed by atoms with E-state index in [0.29, 0.717) is 19.0 Å². The summed E-state index contributed by atoms with van der Waals surface area (Å²) in [4.78, 5) is 9.03. The molecule has 2 heterocycles. The highest BCUT2D eigenvalue weighted by atomic mass is 35.5. The van der Waals surface area contributed by atoms with Crippen LogP contribution >= 0.6 is 11.6 Å². The van der Waals surface area contributed by atoms with Crippen LogP contribution in [0.5, 0.6) is 5.88 Å². The van der Waals surface area contributed by atoms with Crippen LogP contribution in [0, 0.1) is 0 Å². The summed E-state index contributed by atoms with van der Waals surface area (Å²) in [5.74, 6) is 1.37. The first kappa shape index (κ1) is 15.1. The van der Waals surface area contributed by atoms with Gasteiger partial charge < -0.3 is 14.0 Å². The second-order valence-electron chi connectivity index (χ2n) is 4.66.